The van der Waals surface area contributed by atoms with Crippen LogP contribution >= 0.6 is 11.3 Å². The van der Waals surface area contributed by atoms with Crippen molar-refractivity contribution in [2.24, 2.45) is 0 Å². The molecule has 2 aliphatic heterocycles. The number of thiophene rings is 1. The molecule has 1 aromatic carbocycles. The highest BCUT2D eigenvalue weighted by molar-refractivity contribution is 7.92. The fourth-order valence-electron chi connectivity index (χ4n) is 4.84. The maximum Gasteiger partial charge on any atom is 0.333 e. The van der Waals surface area contributed by atoms with E-state index < -0.39 is 16.1 Å². The molecule has 1 unspecified atom stereocenters. The molecule has 3 heterocycles. The molecular weight excluding hydrogens is 434 g/mol. The van der Waals surface area contributed by atoms with Crippen molar-refractivity contribution < 1.29 is 17.9 Å². The highest BCUT2D eigenvalue weighted by Gasteiger charge is 2.28. The second kappa shape index (κ2) is 8.20. The van der Waals surface area contributed by atoms with Crippen molar-refractivity contribution in [1.29, 1.82) is 0 Å². The molecule has 9 heteroatoms. The van der Waals surface area contributed by atoms with Gasteiger partial charge in [0, 0.05) is 36.2 Å². The monoisotopic (exact) mass is 461 g/mol. The van der Waals surface area contributed by atoms with E-state index in [4.69, 9.17) is 4.74 Å². The number of amides is 2. The molecule has 1 atom stereocenters. The van der Waals surface area contributed by atoms with E-state index in [9.17, 15) is 13.2 Å². The van der Waals surface area contributed by atoms with Gasteiger partial charge in [0.1, 0.15) is 4.21 Å². The molecule has 0 saturated carbocycles. The van der Waals surface area contributed by atoms with Crippen LogP contribution in [0.2, 0.25) is 0 Å². The Bertz CT molecular complexity index is 1120. The lowest BCUT2D eigenvalue weighted by atomic mass is 9.92. The summed E-state index contributed by atoms with van der Waals surface area (Å²) in [5, 5.41) is 2.89. The minimum Gasteiger partial charge on any atom is -0.381 e. The topological polar surface area (TPSA) is 87.7 Å². The number of aryl methyl sites for hydroxylation is 1. The predicted octanol–water partition coefficient (Wildman–Crippen LogP) is 3.24. The van der Waals surface area contributed by atoms with Crippen LogP contribution < -0.4 is 10.0 Å². The highest BCUT2D eigenvalue weighted by Crippen LogP contribution is 2.38. The zero-order chi connectivity index (χ0) is 21.6. The Balaban J connectivity index is 1.38. The van der Waals surface area contributed by atoms with Crippen LogP contribution in [-0.4, -0.2) is 46.2 Å². The standard InChI is InChI=1S/C22H27N3O4S2/c1-25-9-7-19-16(12-25)11-20(30-19)31(27,28)24-22(26)23-21-17-4-2-3-14(17)5-6-18(21)15-8-10-29-13-15/h5-6,11,15H,2-4,7-10,12-13H2,1H3,(H2,23,24,26). The molecule has 0 bridgehead atoms. The summed E-state index contributed by atoms with van der Waals surface area (Å²) in [5.41, 5.74) is 5.21. The number of rotatable bonds is 4. The Hall–Kier alpha value is -1.94. The SMILES string of the molecule is CN1CCc2sc(S(=O)(=O)NC(=O)Nc3c(C4CCOC4)ccc4c3CCC4)cc2C1. The van der Waals surface area contributed by atoms with E-state index in [0.29, 0.717) is 13.2 Å². The van der Waals surface area contributed by atoms with Crippen LogP contribution in [0.1, 0.15) is 45.9 Å². The molecule has 2 N–H and O–H groups in total. The van der Waals surface area contributed by atoms with Gasteiger partial charge in [-0.3, -0.25) is 0 Å². The van der Waals surface area contributed by atoms with Crippen molar-refractivity contribution in [3.05, 3.63) is 45.3 Å². The summed E-state index contributed by atoms with van der Waals surface area (Å²) in [7, 11) is -1.90. The largest absolute Gasteiger partial charge is 0.381 e. The molecule has 2 aromatic rings. The van der Waals surface area contributed by atoms with Gasteiger partial charge in [0.05, 0.1) is 6.61 Å². The number of urea groups is 1. The summed E-state index contributed by atoms with van der Waals surface area (Å²) in [6, 6.07) is 5.21. The van der Waals surface area contributed by atoms with Crippen molar-refractivity contribution in [3.63, 3.8) is 0 Å². The molecule has 5 rings (SSSR count). The number of carbonyl (C=O) groups excluding carboxylic acids is 1. The first-order valence-corrected chi connectivity index (χ1v) is 13.1. The Morgan fingerprint density at radius 3 is 2.90 bits per heavy atom. The Morgan fingerprint density at radius 2 is 2.10 bits per heavy atom. The van der Waals surface area contributed by atoms with Crippen LogP contribution in [0.4, 0.5) is 10.5 Å². The van der Waals surface area contributed by atoms with Crippen LogP contribution in [0.3, 0.4) is 0 Å². The average molecular weight is 462 g/mol. The summed E-state index contributed by atoms with van der Waals surface area (Å²) in [6.07, 6.45) is 4.67. The second-order valence-electron chi connectivity index (χ2n) is 8.64. The summed E-state index contributed by atoms with van der Waals surface area (Å²) in [5.74, 6) is 0.221. The number of hydrogen-bond donors (Lipinski definition) is 2. The van der Waals surface area contributed by atoms with Crippen LogP contribution in [0, 0.1) is 0 Å². The van der Waals surface area contributed by atoms with Crippen LogP contribution in [0.15, 0.2) is 22.4 Å². The number of likely N-dealkylation sites (N-methyl/N-ethyl adjacent to an activating group) is 1. The van der Waals surface area contributed by atoms with Gasteiger partial charge >= 0.3 is 6.03 Å². The van der Waals surface area contributed by atoms with Crippen molar-refractivity contribution >= 4 is 33.1 Å². The van der Waals surface area contributed by atoms with E-state index in [2.05, 4.69) is 27.1 Å². The molecule has 1 aromatic heterocycles. The van der Waals surface area contributed by atoms with Gasteiger partial charge in [0.2, 0.25) is 0 Å². The summed E-state index contributed by atoms with van der Waals surface area (Å²) in [6.45, 7) is 2.98. The third-order valence-corrected chi connectivity index (χ3v) is 9.49. The first-order valence-electron chi connectivity index (χ1n) is 10.8. The van der Waals surface area contributed by atoms with Gasteiger partial charge in [-0.25, -0.2) is 17.9 Å². The van der Waals surface area contributed by atoms with Crippen LogP contribution in [-0.2, 0) is 40.6 Å². The minimum atomic E-state index is -3.92. The van der Waals surface area contributed by atoms with E-state index in [0.717, 1.165) is 72.4 Å². The van der Waals surface area contributed by atoms with Crippen LogP contribution in [0.5, 0.6) is 0 Å². The third-order valence-electron chi connectivity index (χ3n) is 6.45. The van der Waals surface area contributed by atoms with Gasteiger partial charge in [0.25, 0.3) is 10.0 Å². The fourth-order valence-corrected chi connectivity index (χ4v) is 7.29. The maximum absolute atomic E-state index is 12.9. The molecule has 166 valence electrons. The molecule has 2 amide bonds. The summed E-state index contributed by atoms with van der Waals surface area (Å²) in [4.78, 5) is 16.1. The number of nitrogens with zero attached hydrogens (tertiary/aromatic N) is 1. The molecular formula is C22H27N3O4S2. The molecule has 7 nitrogen and oxygen atoms in total. The van der Waals surface area contributed by atoms with Gasteiger partial charge < -0.3 is 15.0 Å². The van der Waals surface area contributed by atoms with E-state index >= 15 is 0 Å². The smallest absolute Gasteiger partial charge is 0.333 e. The molecule has 31 heavy (non-hydrogen) atoms. The van der Waals surface area contributed by atoms with Gasteiger partial charge in [0.15, 0.2) is 0 Å². The molecule has 1 saturated heterocycles. The number of ether oxygens (including phenoxy) is 1. The number of benzene rings is 1. The van der Waals surface area contributed by atoms with Crippen molar-refractivity contribution in [2.75, 3.05) is 32.1 Å². The van der Waals surface area contributed by atoms with Crippen molar-refractivity contribution in [3.8, 4) is 0 Å². The molecule has 3 aliphatic rings. The van der Waals surface area contributed by atoms with Crippen LogP contribution in [0.25, 0.3) is 0 Å². The quantitative estimate of drug-likeness (QED) is 0.730. The Morgan fingerprint density at radius 1 is 1.23 bits per heavy atom. The number of hydrogen-bond acceptors (Lipinski definition) is 6. The normalized spacial score (nSPS) is 21.0. The van der Waals surface area contributed by atoms with E-state index in [1.807, 2.05) is 7.05 Å². The van der Waals surface area contributed by atoms with Gasteiger partial charge in [-0.1, -0.05) is 12.1 Å². The molecule has 1 fully saturated rings. The second-order valence-corrected chi connectivity index (χ2v) is 11.7. The minimum absolute atomic E-state index is 0.200. The number of nitrogens with one attached hydrogen (secondary N) is 2. The van der Waals surface area contributed by atoms with Gasteiger partial charge in [-0.05, 0) is 67.5 Å². The van der Waals surface area contributed by atoms with Crippen molar-refractivity contribution in [2.45, 2.75) is 48.8 Å². The number of anilines is 1. The van der Waals surface area contributed by atoms with E-state index in [-0.39, 0.29) is 10.1 Å². The predicted molar refractivity (Wildman–Crippen MR) is 120 cm³/mol. The zero-order valence-corrected chi connectivity index (χ0v) is 19.2. The Kier molecular flexibility index (Phi) is 5.54. The third kappa shape index (κ3) is 4.11. The average Bonchev–Trinajstić information content (AvgIpc) is 3.47. The molecule has 1 aliphatic carbocycles. The summed E-state index contributed by atoms with van der Waals surface area (Å²) < 4.78 is 33.8. The first kappa shape index (κ1) is 20.9. The molecule has 0 radical (unpaired) electrons. The van der Waals surface area contributed by atoms with E-state index in [1.54, 1.807) is 6.07 Å². The van der Waals surface area contributed by atoms with Crippen molar-refractivity contribution in [1.82, 2.24) is 9.62 Å². The van der Waals surface area contributed by atoms with E-state index in [1.165, 1.54) is 16.9 Å². The first-order chi connectivity index (χ1) is 14.9. The number of fused-ring (bicyclic) bond motifs is 2. The Labute approximate surface area is 186 Å². The lowest BCUT2D eigenvalue weighted by Crippen LogP contribution is -2.34. The number of sulfonamides is 1. The lowest BCUT2D eigenvalue weighted by molar-refractivity contribution is 0.194. The molecule has 0 spiro atoms. The summed E-state index contributed by atoms with van der Waals surface area (Å²) >= 11 is 1.26. The highest BCUT2D eigenvalue weighted by atomic mass is 32.2. The zero-order valence-electron chi connectivity index (χ0n) is 17.6. The maximum atomic E-state index is 12.9. The van der Waals surface area contributed by atoms with Gasteiger partial charge in [-0.15, -0.1) is 11.3 Å². The number of carbonyl (C=O) groups is 1. The lowest BCUT2D eigenvalue weighted by Gasteiger charge is -2.21. The van der Waals surface area contributed by atoms with Gasteiger partial charge in [-0.2, -0.15) is 0 Å². The fraction of sp³-hybridized carbons (Fsp3) is 0.500.